The first-order chi connectivity index (χ1) is 13.0. The molecule has 1 aliphatic carbocycles. The van der Waals surface area contributed by atoms with Gasteiger partial charge in [-0.3, -0.25) is 9.79 Å². The van der Waals surface area contributed by atoms with Crippen molar-refractivity contribution in [2.75, 3.05) is 6.61 Å². The highest BCUT2D eigenvalue weighted by Gasteiger charge is 2.25. The molecule has 1 aromatic carbocycles. The largest absolute Gasteiger partial charge is 0.490 e. The van der Waals surface area contributed by atoms with Gasteiger partial charge in [0.2, 0.25) is 0 Å². The van der Waals surface area contributed by atoms with E-state index in [9.17, 15) is 13.6 Å². The molecule has 2 fully saturated rings. The predicted molar refractivity (Wildman–Crippen MR) is 102 cm³/mol. The molecule has 2 aliphatic rings. The van der Waals surface area contributed by atoms with E-state index >= 15 is 0 Å². The Labute approximate surface area is 161 Å². The van der Waals surface area contributed by atoms with Crippen molar-refractivity contribution < 1.29 is 23.0 Å². The molecule has 1 saturated carbocycles. The van der Waals surface area contributed by atoms with Gasteiger partial charge in [-0.15, -0.1) is 0 Å². The van der Waals surface area contributed by atoms with Gasteiger partial charge in [-0.1, -0.05) is 25.3 Å². The number of carbonyl (C=O) groups excluding carboxylic acids is 1. The second-order valence-electron chi connectivity index (χ2n) is 6.31. The summed E-state index contributed by atoms with van der Waals surface area (Å²) in [6.07, 6.45) is 7.41. The van der Waals surface area contributed by atoms with E-state index in [2.05, 4.69) is 15.0 Å². The Hall–Kier alpha value is -2.09. The molecule has 0 radical (unpaired) electrons. The third-order valence-corrected chi connectivity index (χ3v) is 5.23. The summed E-state index contributed by atoms with van der Waals surface area (Å²) in [5.41, 5.74) is 0.664. The summed E-state index contributed by atoms with van der Waals surface area (Å²) in [6.45, 7) is -0.860. The highest BCUT2D eigenvalue weighted by molar-refractivity contribution is 8.18. The molecule has 3 rings (SSSR count). The first-order valence-corrected chi connectivity index (χ1v) is 9.87. The Bertz CT molecular complexity index is 746. The number of halogens is 2. The highest BCUT2D eigenvalue weighted by atomic mass is 32.2. The Morgan fingerprint density at radius 1 is 1.30 bits per heavy atom. The third-order valence-electron chi connectivity index (χ3n) is 4.31. The van der Waals surface area contributed by atoms with E-state index in [0.29, 0.717) is 22.2 Å². The number of nitrogens with one attached hydrogen (secondary N) is 1. The summed E-state index contributed by atoms with van der Waals surface area (Å²) in [6, 6.07) is 4.88. The van der Waals surface area contributed by atoms with Crippen LogP contribution < -0.4 is 14.8 Å². The number of ether oxygens (including phenoxy) is 2. The number of amides is 1. The molecule has 8 heteroatoms. The van der Waals surface area contributed by atoms with Gasteiger partial charge in [-0.2, -0.15) is 8.78 Å². The number of aliphatic imine (C=N–C) groups is 1. The molecule has 27 heavy (non-hydrogen) atoms. The van der Waals surface area contributed by atoms with Crippen molar-refractivity contribution in [3.63, 3.8) is 0 Å². The van der Waals surface area contributed by atoms with Crippen LogP contribution in [0.25, 0.3) is 6.08 Å². The van der Waals surface area contributed by atoms with Crippen LogP contribution in [0, 0.1) is 0 Å². The quantitative estimate of drug-likeness (QED) is 0.715. The second kappa shape index (κ2) is 9.21. The van der Waals surface area contributed by atoms with Crippen LogP contribution in [0.2, 0.25) is 0 Å². The topological polar surface area (TPSA) is 59.9 Å². The number of alkyl halides is 2. The molecule has 1 N–H and O–H groups in total. The fourth-order valence-corrected chi connectivity index (χ4v) is 3.98. The van der Waals surface area contributed by atoms with Crippen LogP contribution >= 0.6 is 11.8 Å². The first kappa shape index (κ1) is 19.7. The van der Waals surface area contributed by atoms with E-state index in [1.807, 2.05) is 0 Å². The lowest BCUT2D eigenvalue weighted by atomic mass is 9.96. The number of thioether (sulfide) groups is 1. The average molecular weight is 396 g/mol. The SMILES string of the molecule is CCOc1cc(/C=C2\SC(=NC3CCCCC3)NC2=O)ccc1OC(F)F. The molecular formula is C19H22F2N2O3S. The molecule has 1 aromatic rings. The molecule has 0 unspecified atom stereocenters. The smallest absolute Gasteiger partial charge is 0.387 e. The number of carbonyl (C=O) groups is 1. The molecule has 1 aliphatic heterocycles. The summed E-state index contributed by atoms with van der Waals surface area (Å²) in [4.78, 5) is 17.4. The number of amidine groups is 1. The summed E-state index contributed by atoms with van der Waals surface area (Å²) in [7, 11) is 0. The molecule has 0 atom stereocenters. The number of hydrogen-bond acceptors (Lipinski definition) is 5. The number of nitrogens with zero attached hydrogens (tertiary/aromatic N) is 1. The minimum atomic E-state index is -2.93. The zero-order valence-corrected chi connectivity index (χ0v) is 15.9. The van der Waals surface area contributed by atoms with Crippen LogP contribution in [0.4, 0.5) is 8.78 Å². The van der Waals surface area contributed by atoms with Crippen LogP contribution in [0.3, 0.4) is 0 Å². The average Bonchev–Trinajstić information content (AvgIpc) is 2.97. The molecule has 0 aromatic heterocycles. The summed E-state index contributed by atoms with van der Waals surface area (Å²) in [5.74, 6) is -0.0239. The lowest BCUT2D eigenvalue weighted by Crippen LogP contribution is -2.22. The molecule has 1 amide bonds. The molecule has 5 nitrogen and oxygen atoms in total. The standard InChI is InChI=1S/C19H22F2N2O3S/c1-2-25-15-10-12(8-9-14(15)26-18(20)21)11-16-17(24)23-19(27-16)22-13-6-4-3-5-7-13/h8-11,13,18H,2-7H2,1H3,(H,22,23,24)/b16-11-. The van der Waals surface area contributed by atoms with E-state index in [1.165, 1.54) is 37.1 Å². The maximum absolute atomic E-state index is 12.5. The van der Waals surface area contributed by atoms with Gasteiger partial charge in [0.1, 0.15) is 0 Å². The Kier molecular flexibility index (Phi) is 6.71. The van der Waals surface area contributed by atoms with E-state index in [0.717, 1.165) is 12.8 Å². The van der Waals surface area contributed by atoms with Crippen molar-refractivity contribution in [1.82, 2.24) is 5.32 Å². The number of rotatable bonds is 6. The van der Waals surface area contributed by atoms with Crippen molar-refractivity contribution in [2.24, 2.45) is 4.99 Å². The monoisotopic (exact) mass is 396 g/mol. The Balaban J connectivity index is 1.76. The summed E-state index contributed by atoms with van der Waals surface area (Å²) in [5, 5.41) is 3.43. The van der Waals surface area contributed by atoms with E-state index in [4.69, 9.17) is 4.74 Å². The third kappa shape index (κ3) is 5.45. The minimum absolute atomic E-state index is 0.0305. The maximum atomic E-state index is 12.5. The van der Waals surface area contributed by atoms with Crippen LogP contribution in [0.5, 0.6) is 11.5 Å². The van der Waals surface area contributed by atoms with Crippen molar-refractivity contribution in [3.05, 3.63) is 28.7 Å². The predicted octanol–water partition coefficient (Wildman–Crippen LogP) is 4.58. The van der Waals surface area contributed by atoms with Gasteiger partial charge in [-0.05, 0) is 55.3 Å². The number of benzene rings is 1. The maximum Gasteiger partial charge on any atom is 0.387 e. The van der Waals surface area contributed by atoms with Gasteiger partial charge in [0.25, 0.3) is 5.91 Å². The molecule has 1 heterocycles. The lowest BCUT2D eigenvalue weighted by Gasteiger charge is -2.17. The summed E-state index contributed by atoms with van der Waals surface area (Å²) < 4.78 is 34.8. The van der Waals surface area contributed by atoms with E-state index < -0.39 is 6.61 Å². The summed E-state index contributed by atoms with van der Waals surface area (Å²) >= 11 is 1.30. The van der Waals surface area contributed by atoms with Crippen molar-refractivity contribution in [2.45, 2.75) is 51.7 Å². The van der Waals surface area contributed by atoms with Gasteiger partial charge >= 0.3 is 6.61 Å². The normalized spacial score (nSPS) is 21.1. The van der Waals surface area contributed by atoms with Gasteiger partial charge in [-0.25, -0.2) is 0 Å². The molecule has 1 saturated heterocycles. The van der Waals surface area contributed by atoms with Gasteiger partial charge in [0.15, 0.2) is 16.7 Å². The van der Waals surface area contributed by atoms with E-state index in [-0.39, 0.29) is 23.4 Å². The van der Waals surface area contributed by atoms with Gasteiger partial charge in [0.05, 0.1) is 17.6 Å². The van der Waals surface area contributed by atoms with Crippen LogP contribution in [0.15, 0.2) is 28.1 Å². The van der Waals surface area contributed by atoms with Gasteiger partial charge in [0, 0.05) is 0 Å². The minimum Gasteiger partial charge on any atom is -0.490 e. The van der Waals surface area contributed by atoms with Crippen molar-refractivity contribution >= 4 is 28.9 Å². The van der Waals surface area contributed by atoms with Crippen molar-refractivity contribution in [3.8, 4) is 11.5 Å². The molecule has 0 spiro atoms. The Morgan fingerprint density at radius 3 is 2.78 bits per heavy atom. The Morgan fingerprint density at radius 2 is 2.07 bits per heavy atom. The first-order valence-electron chi connectivity index (χ1n) is 9.05. The fourth-order valence-electron chi connectivity index (χ4n) is 3.09. The van der Waals surface area contributed by atoms with Crippen LogP contribution in [-0.2, 0) is 4.79 Å². The highest BCUT2D eigenvalue weighted by Crippen LogP contribution is 2.33. The number of hydrogen-bond donors (Lipinski definition) is 1. The molecule has 146 valence electrons. The molecular weight excluding hydrogens is 374 g/mol. The van der Waals surface area contributed by atoms with Gasteiger partial charge < -0.3 is 14.8 Å². The lowest BCUT2D eigenvalue weighted by molar-refractivity contribution is -0.115. The zero-order chi connectivity index (χ0) is 19.2. The molecule has 0 bridgehead atoms. The zero-order valence-electron chi connectivity index (χ0n) is 15.0. The second-order valence-corrected chi connectivity index (χ2v) is 7.34. The van der Waals surface area contributed by atoms with Crippen LogP contribution in [-0.4, -0.2) is 30.3 Å². The van der Waals surface area contributed by atoms with Crippen LogP contribution in [0.1, 0.15) is 44.6 Å². The van der Waals surface area contributed by atoms with E-state index in [1.54, 1.807) is 25.1 Å². The fraction of sp³-hybridized carbons (Fsp3) is 0.474. The van der Waals surface area contributed by atoms with Crippen molar-refractivity contribution in [1.29, 1.82) is 0 Å².